The minimum atomic E-state index is -0.281. The van der Waals surface area contributed by atoms with Crippen molar-refractivity contribution in [3.05, 3.63) is 64.7 Å². The normalized spacial score (nSPS) is 12.1. The number of carbonyl (C=O) groups is 2. The first-order valence-corrected chi connectivity index (χ1v) is 10.1. The summed E-state index contributed by atoms with van der Waals surface area (Å²) in [5, 5.41) is 3.34. The third kappa shape index (κ3) is 4.12. The Labute approximate surface area is 177 Å². The highest BCUT2D eigenvalue weighted by Gasteiger charge is 2.22. The second kappa shape index (κ2) is 8.52. The van der Waals surface area contributed by atoms with Crippen LogP contribution in [-0.4, -0.2) is 41.9 Å². The van der Waals surface area contributed by atoms with Crippen molar-refractivity contribution in [2.45, 2.75) is 6.54 Å². The monoisotopic (exact) mass is 424 g/mol. The highest BCUT2D eigenvalue weighted by Crippen LogP contribution is 2.36. The van der Waals surface area contributed by atoms with Gasteiger partial charge in [-0.25, -0.2) is 4.98 Å². The fourth-order valence-corrected chi connectivity index (χ4v) is 3.84. The van der Waals surface area contributed by atoms with Gasteiger partial charge in [0.15, 0.2) is 5.75 Å². The van der Waals surface area contributed by atoms with Gasteiger partial charge in [-0.2, -0.15) is 0 Å². The Balaban J connectivity index is 1.49. The first-order valence-electron chi connectivity index (χ1n) is 9.30. The van der Waals surface area contributed by atoms with Crippen LogP contribution in [0.5, 0.6) is 16.7 Å². The lowest BCUT2D eigenvalue weighted by Gasteiger charge is -2.17. The number of hydrogen-bond donors (Lipinski definition) is 2. The number of nitrogens with one attached hydrogen (secondary N) is 1. The number of anilines is 1. The predicted octanol–water partition coefficient (Wildman–Crippen LogP) is 3.11. The minimum absolute atomic E-state index is 0.188. The fraction of sp³-hybridized carbons (Fsp3) is 0.190. The van der Waals surface area contributed by atoms with Crippen LogP contribution in [0.15, 0.2) is 48.7 Å². The van der Waals surface area contributed by atoms with E-state index in [4.69, 9.17) is 15.2 Å². The molecule has 8 nitrogen and oxygen atoms in total. The van der Waals surface area contributed by atoms with Crippen molar-refractivity contribution in [2.24, 2.45) is 5.73 Å². The molecule has 0 spiro atoms. The maximum absolute atomic E-state index is 12.9. The third-order valence-electron chi connectivity index (χ3n) is 4.44. The molecule has 30 heavy (non-hydrogen) atoms. The summed E-state index contributed by atoms with van der Waals surface area (Å²) in [7, 11) is 1.71. The van der Waals surface area contributed by atoms with E-state index in [0.29, 0.717) is 53.2 Å². The molecule has 0 saturated carbocycles. The second-order valence-corrected chi connectivity index (χ2v) is 7.73. The molecule has 1 aliphatic rings. The number of benzene rings is 2. The van der Waals surface area contributed by atoms with Crippen molar-refractivity contribution in [1.82, 2.24) is 9.88 Å². The summed E-state index contributed by atoms with van der Waals surface area (Å²) in [5.74, 6) is 0.489. The van der Waals surface area contributed by atoms with Crippen molar-refractivity contribution >= 4 is 28.8 Å². The third-order valence-corrected chi connectivity index (χ3v) is 5.34. The zero-order chi connectivity index (χ0) is 21.1. The standard InChI is InChI=1S/C21H20N4O4S/c1-25(12-14-11-23-21(30-14)28-9-8-22)20(27)13-6-7-18-16(10-13)24-19(26)15-4-2-3-5-17(15)29-18/h2-7,10-11H,8-9,12,22H2,1H3,(H,24,26). The molecular weight excluding hydrogens is 404 g/mol. The molecule has 0 atom stereocenters. The molecule has 2 heterocycles. The van der Waals surface area contributed by atoms with Gasteiger partial charge in [0, 0.05) is 30.2 Å². The number of rotatable bonds is 6. The molecule has 0 fully saturated rings. The van der Waals surface area contributed by atoms with E-state index in [9.17, 15) is 9.59 Å². The summed E-state index contributed by atoms with van der Waals surface area (Å²) >= 11 is 1.37. The van der Waals surface area contributed by atoms with Crippen LogP contribution in [-0.2, 0) is 6.54 Å². The van der Waals surface area contributed by atoms with Crippen LogP contribution in [0.2, 0.25) is 0 Å². The van der Waals surface area contributed by atoms with E-state index in [-0.39, 0.29) is 11.8 Å². The summed E-state index contributed by atoms with van der Waals surface area (Å²) in [5.41, 5.74) is 6.75. The molecule has 9 heteroatoms. The molecule has 0 bridgehead atoms. The van der Waals surface area contributed by atoms with Crippen molar-refractivity contribution in [3.63, 3.8) is 0 Å². The van der Waals surface area contributed by atoms with Crippen LogP contribution in [0, 0.1) is 0 Å². The van der Waals surface area contributed by atoms with E-state index < -0.39 is 0 Å². The van der Waals surface area contributed by atoms with Crippen molar-refractivity contribution in [1.29, 1.82) is 0 Å². The summed E-state index contributed by atoms with van der Waals surface area (Å²) in [6.45, 7) is 1.19. The van der Waals surface area contributed by atoms with Gasteiger partial charge in [0.25, 0.3) is 17.0 Å². The second-order valence-electron chi connectivity index (χ2n) is 6.65. The maximum atomic E-state index is 12.9. The van der Waals surface area contributed by atoms with Gasteiger partial charge in [0.05, 0.1) is 17.8 Å². The van der Waals surface area contributed by atoms with Crippen LogP contribution in [0.3, 0.4) is 0 Å². The highest BCUT2D eigenvalue weighted by atomic mass is 32.1. The van der Waals surface area contributed by atoms with Gasteiger partial charge in [-0.1, -0.05) is 23.5 Å². The number of hydrogen-bond acceptors (Lipinski definition) is 7. The van der Waals surface area contributed by atoms with Crippen LogP contribution in [0.25, 0.3) is 0 Å². The Bertz CT molecular complexity index is 1100. The molecule has 0 saturated heterocycles. The molecule has 154 valence electrons. The largest absolute Gasteiger partial charge is 0.469 e. The van der Waals surface area contributed by atoms with Gasteiger partial charge < -0.3 is 25.4 Å². The maximum Gasteiger partial charge on any atom is 0.273 e. The zero-order valence-electron chi connectivity index (χ0n) is 16.3. The Morgan fingerprint density at radius 3 is 2.93 bits per heavy atom. The van der Waals surface area contributed by atoms with E-state index >= 15 is 0 Å². The van der Waals surface area contributed by atoms with Crippen molar-refractivity contribution in [2.75, 3.05) is 25.5 Å². The molecule has 3 N–H and O–H groups in total. The SMILES string of the molecule is CN(Cc1cnc(OCCN)s1)C(=O)c1ccc2c(c1)NC(=O)c1ccccc1O2. The van der Waals surface area contributed by atoms with Gasteiger partial charge in [-0.3, -0.25) is 9.59 Å². The minimum Gasteiger partial charge on any atom is -0.469 e. The zero-order valence-corrected chi connectivity index (χ0v) is 17.1. The van der Waals surface area contributed by atoms with E-state index in [1.165, 1.54) is 11.3 Å². The summed E-state index contributed by atoms with van der Waals surface area (Å²) in [6.07, 6.45) is 1.68. The number of nitrogens with two attached hydrogens (primary N) is 1. The number of aromatic nitrogens is 1. The predicted molar refractivity (Wildman–Crippen MR) is 113 cm³/mol. The molecule has 4 rings (SSSR count). The molecule has 1 aromatic heterocycles. The number of amides is 2. The number of carbonyl (C=O) groups excluding carboxylic acids is 2. The first kappa shape index (κ1) is 19.9. The summed E-state index contributed by atoms with van der Waals surface area (Å²) in [4.78, 5) is 32.0. The highest BCUT2D eigenvalue weighted by molar-refractivity contribution is 7.13. The molecule has 0 aliphatic carbocycles. The average Bonchev–Trinajstić information content (AvgIpc) is 3.14. The van der Waals surface area contributed by atoms with Crippen LogP contribution in [0.4, 0.5) is 5.69 Å². The van der Waals surface area contributed by atoms with Crippen molar-refractivity contribution in [3.8, 4) is 16.7 Å². The number of fused-ring (bicyclic) bond motifs is 2. The molecule has 0 unspecified atom stereocenters. The Hall–Kier alpha value is -3.43. The van der Waals surface area contributed by atoms with Crippen LogP contribution < -0.4 is 20.5 Å². The fourth-order valence-electron chi connectivity index (χ4n) is 3.00. The number of nitrogens with zero attached hydrogens (tertiary/aromatic N) is 2. The number of para-hydroxylation sites is 1. The van der Waals surface area contributed by atoms with E-state index in [1.54, 1.807) is 60.6 Å². The smallest absolute Gasteiger partial charge is 0.273 e. The number of ether oxygens (including phenoxy) is 2. The van der Waals surface area contributed by atoms with Gasteiger partial charge >= 0.3 is 0 Å². The molecule has 2 amide bonds. The Kier molecular flexibility index (Phi) is 5.64. The van der Waals surface area contributed by atoms with Gasteiger partial charge in [-0.05, 0) is 30.3 Å². The Morgan fingerprint density at radius 1 is 1.27 bits per heavy atom. The van der Waals surface area contributed by atoms with E-state index in [0.717, 1.165) is 4.88 Å². The van der Waals surface area contributed by atoms with Crippen molar-refractivity contribution < 1.29 is 19.1 Å². The molecule has 1 aliphatic heterocycles. The molecule has 3 aromatic rings. The van der Waals surface area contributed by atoms with Gasteiger partial charge in [0.1, 0.15) is 12.4 Å². The van der Waals surface area contributed by atoms with Gasteiger partial charge in [0.2, 0.25) is 0 Å². The topological polar surface area (TPSA) is 107 Å². The lowest BCUT2D eigenvalue weighted by molar-refractivity contribution is 0.0786. The Morgan fingerprint density at radius 2 is 2.10 bits per heavy atom. The first-order chi connectivity index (χ1) is 14.5. The lowest BCUT2D eigenvalue weighted by atomic mass is 10.1. The molecule has 2 aromatic carbocycles. The number of thiazole rings is 1. The molecule has 0 radical (unpaired) electrons. The summed E-state index contributed by atoms with van der Waals surface area (Å²) < 4.78 is 11.3. The molecular formula is C21H20N4O4S. The van der Waals surface area contributed by atoms with E-state index in [2.05, 4.69) is 10.3 Å². The van der Waals surface area contributed by atoms with Crippen LogP contribution in [0.1, 0.15) is 25.6 Å². The quantitative estimate of drug-likeness (QED) is 0.630. The summed E-state index contributed by atoms with van der Waals surface area (Å²) in [6, 6.07) is 12.0. The van der Waals surface area contributed by atoms with Gasteiger partial charge in [-0.15, -0.1) is 0 Å². The van der Waals surface area contributed by atoms with E-state index in [1.807, 2.05) is 0 Å². The lowest BCUT2D eigenvalue weighted by Crippen LogP contribution is -2.26. The van der Waals surface area contributed by atoms with Crippen LogP contribution >= 0.6 is 11.3 Å². The average molecular weight is 424 g/mol.